The summed E-state index contributed by atoms with van der Waals surface area (Å²) >= 11 is 0. The van der Waals surface area contributed by atoms with Gasteiger partial charge in [-0.2, -0.15) is 0 Å². The van der Waals surface area contributed by atoms with Crippen molar-refractivity contribution in [2.24, 2.45) is 0 Å². The Balaban J connectivity index is 1.22. The Morgan fingerprint density at radius 3 is 2.45 bits per heavy atom. The number of benzene rings is 2. The van der Waals surface area contributed by atoms with Crippen LogP contribution >= 0.6 is 0 Å². The smallest absolute Gasteiger partial charge is 0.321 e. The fourth-order valence-corrected chi connectivity index (χ4v) is 3.65. The number of rotatable bonds is 6. The van der Waals surface area contributed by atoms with Gasteiger partial charge in [-0.15, -0.1) is 0 Å². The first-order chi connectivity index (χ1) is 16.0. The van der Waals surface area contributed by atoms with E-state index in [4.69, 9.17) is 13.9 Å². The Morgan fingerprint density at radius 1 is 1.00 bits per heavy atom. The first kappa shape index (κ1) is 22.2. The van der Waals surface area contributed by atoms with Crippen LogP contribution in [0.3, 0.4) is 0 Å². The molecule has 9 heteroatoms. The summed E-state index contributed by atoms with van der Waals surface area (Å²) < 4.78 is 15.8. The second-order valence-corrected chi connectivity index (χ2v) is 7.62. The van der Waals surface area contributed by atoms with Gasteiger partial charge in [-0.25, -0.2) is 4.79 Å². The second-order valence-electron chi connectivity index (χ2n) is 7.62. The molecule has 1 aliphatic rings. The zero-order valence-corrected chi connectivity index (χ0v) is 18.3. The van der Waals surface area contributed by atoms with Gasteiger partial charge >= 0.3 is 12.0 Å². The van der Waals surface area contributed by atoms with Crippen LogP contribution in [-0.4, -0.2) is 67.6 Å². The van der Waals surface area contributed by atoms with Gasteiger partial charge in [0.1, 0.15) is 11.3 Å². The average molecular weight is 451 g/mol. The zero-order valence-electron chi connectivity index (χ0n) is 18.3. The van der Waals surface area contributed by atoms with Gasteiger partial charge in [-0.05, 0) is 24.3 Å². The lowest BCUT2D eigenvalue weighted by molar-refractivity contribution is -0.152. The predicted molar refractivity (Wildman–Crippen MR) is 121 cm³/mol. The van der Waals surface area contributed by atoms with E-state index in [0.717, 1.165) is 11.1 Å². The molecule has 2 heterocycles. The van der Waals surface area contributed by atoms with E-state index in [1.54, 1.807) is 29.0 Å². The molecule has 0 saturated carbocycles. The predicted octanol–water partition coefficient (Wildman–Crippen LogP) is 2.90. The maximum absolute atomic E-state index is 12.5. The van der Waals surface area contributed by atoms with Crippen LogP contribution in [0.15, 0.2) is 59.2 Å². The van der Waals surface area contributed by atoms with Gasteiger partial charge in [-0.1, -0.05) is 18.2 Å². The van der Waals surface area contributed by atoms with Gasteiger partial charge in [0.2, 0.25) is 0 Å². The van der Waals surface area contributed by atoms with E-state index >= 15 is 0 Å². The number of carbonyl (C=O) groups is 3. The van der Waals surface area contributed by atoms with E-state index in [1.807, 2.05) is 36.4 Å². The van der Waals surface area contributed by atoms with Crippen molar-refractivity contribution in [1.82, 2.24) is 9.80 Å². The highest BCUT2D eigenvalue weighted by atomic mass is 16.5. The van der Waals surface area contributed by atoms with Crippen molar-refractivity contribution in [3.8, 4) is 5.75 Å². The molecule has 1 fully saturated rings. The minimum atomic E-state index is -0.511. The van der Waals surface area contributed by atoms with E-state index in [2.05, 4.69) is 5.32 Å². The van der Waals surface area contributed by atoms with Gasteiger partial charge in [-0.3, -0.25) is 9.59 Å². The molecule has 0 unspecified atom stereocenters. The van der Waals surface area contributed by atoms with E-state index in [-0.39, 0.29) is 25.0 Å². The van der Waals surface area contributed by atoms with Gasteiger partial charge < -0.3 is 29.0 Å². The molecule has 1 aromatic heterocycles. The number of anilines is 1. The van der Waals surface area contributed by atoms with Crippen LogP contribution in [0.4, 0.5) is 10.5 Å². The molecule has 9 nitrogen and oxygen atoms in total. The summed E-state index contributed by atoms with van der Waals surface area (Å²) in [4.78, 5) is 40.3. The van der Waals surface area contributed by atoms with Crippen molar-refractivity contribution in [2.75, 3.05) is 45.2 Å². The van der Waals surface area contributed by atoms with Crippen molar-refractivity contribution in [1.29, 1.82) is 0 Å². The summed E-state index contributed by atoms with van der Waals surface area (Å²) in [6, 6.07) is 14.3. The molecular formula is C24H25N3O6. The molecule has 0 aliphatic carbocycles. The van der Waals surface area contributed by atoms with Crippen molar-refractivity contribution in [2.45, 2.75) is 6.42 Å². The van der Waals surface area contributed by atoms with E-state index in [9.17, 15) is 14.4 Å². The van der Waals surface area contributed by atoms with Gasteiger partial charge in [0.15, 0.2) is 6.61 Å². The summed E-state index contributed by atoms with van der Waals surface area (Å²) in [5.74, 6) is -0.134. The number of para-hydroxylation sites is 1. The summed E-state index contributed by atoms with van der Waals surface area (Å²) in [5.41, 5.74) is 2.02. The number of piperazine rings is 1. The third-order valence-corrected chi connectivity index (χ3v) is 5.50. The molecule has 0 atom stereocenters. The fourth-order valence-electron chi connectivity index (χ4n) is 3.65. The number of hydrogen-bond donors (Lipinski definition) is 1. The quantitative estimate of drug-likeness (QED) is 0.579. The molecule has 3 amide bonds. The Kier molecular flexibility index (Phi) is 6.77. The lowest BCUT2D eigenvalue weighted by atomic mass is 10.1. The zero-order chi connectivity index (χ0) is 23.2. The monoisotopic (exact) mass is 451 g/mol. The van der Waals surface area contributed by atoms with Crippen molar-refractivity contribution in [3.63, 3.8) is 0 Å². The molecule has 0 radical (unpaired) electrons. The molecule has 33 heavy (non-hydrogen) atoms. The number of methoxy groups -OCH3 is 1. The number of esters is 1. The van der Waals surface area contributed by atoms with Gasteiger partial charge in [0.25, 0.3) is 5.91 Å². The van der Waals surface area contributed by atoms with Crippen molar-refractivity contribution in [3.05, 3.63) is 60.4 Å². The molecule has 3 aromatic rings. The Morgan fingerprint density at radius 2 is 1.73 bits per heavy atom. The number of nitrogens with zero attached hydrogens (tertiary/aromatic N) is 2. The maximum Gasteiger partial charge on any atom is 0.321 e. The number of hydrogen-bond acceptors (Lipinski definition) is 6. The van der Waals surface area contributed by atoms with Gasteiger partial charge in [0.05, 0.1) is 19.8 Å². The Hall–Kier alpha value is -4.01. The molecule has 1 aliphatic heterocycles. The molecule has 1 N–H and O–H groups in total. The highest BCUT2D eigenvalue weighted by Gasteiger charge is 2.25. The van der Waals surface area contributed by atoms with Crippen LogP contribution in [0.2, 0.25) is 0 Å². The topological polar surface area (TPSA) is 101 Å². The normalized spacial score (nSPS) is 13.6. The number of carbonyl (C=O) groups excluding carboxylic acids is 3. The van der Waals surface area contributed by atoms with Gasteiger partial charge in [0, 0.05) is 48.9 Å². The minimum absolute atomic E-state index is 0.0000435. The molecule has 0 spiro atoms. The van der Waals surface area contributed by atoms with Crippen molar-refractivity contribution >= 4 is 34.6 Å². The van der Waals surface area contributed by atoms with E-state index in [1.165, 1.54) is 6.26 Å². The molecule has 4 rings (SSSR count). The van der Waals surface area contributed by atoms with Crippen LogP contribution in [0, 0.1) is 0 Å². The SMILES string of the molecule is COc1ccc2c(CC(=O)OCC(=O)N3CCN(C(=O)Nc4ccccc4)CC3)coc2c1. The molecule has 172 valence electrons. The number of furan rings is 1. The number of amides is 3. The molecule has 2 aromatic carbocycles. The molecular weight excluding hydrogens is 426 g/mol. The first-order valence-electron chi connectivity index (χ1n) is 10.6. The Bertz CT molecular complexity index is 1140. The van der Waals surface area contributed by atoms with Crippen LogP contribution in [0.25, 0.3) is 11.0 Å². The highest BCUT2D eigenvalue weighted by molar-refractivity contribution is 5.90. The summed E-state index contributed by atoms with van der Waals surface area (Å²) in [6.07, 6.45) is 1.51. The average Bonchev–Trinajstić information content (AvgIpc) is 3.24. The standard InChI is InChI=1S/C24H25N3O6/c1-31-19-7-8-20-17(15-32-21(20)14-19)13-23(29)33-16-22(28)26-9-11-27(12-10-26)24(30)25-18-5-3-2-4-6-18/h2-8,14-15H,9-13,16H2,1H3,(H,25,30). The fraction of sp³-hybridized carbons (Fsp3) is 0.292. The number of urea groups is 1. The van der Waals surface area contributed by atoms with Crippen LogP contribution < -0.4 is 10.1 Å². The summed E-state index contributed by atoms with van der Waals surface area (Å²) in [6.45, 7) is 1.24. The highest BCUT2D eigenvalue weighted by Crippen LogP contribution is 2.26. The van der Waals surface area contributed by atoms with E-state index in [0.29, 0.717) is 43.1 Å². The van der Waals surface area contributed by atoms with Crippen LogP contribution in [0.1, 0.15) is 5.56 Å². The lowest BCUT2D eigenvalue weighted by Crippen LogP contribution is -2.52. The third kappa shape index (κ3) is 5.43. The summed E-state index contributed by atoms with van der Waals surface area (Å²) in [5, 5.41) is 3.63. The summed E-state index contributed by atoms with van der Waals surface area (Å²) in [7, 11) is 1.57. The molecule has 0 bridgehead atoms. The Labute approximate surface area is 190 Å². The number of fused-ring (bicyclic) bond motifs is 1. The van der Waals surface area contributed by atoms with Crippen LogP contribution in [-0.2, 0) is 20.7 Å². The van der Waals surface area contributed by atoms with Crippen molar-refractivity contribution < 1.29 is 28.3 Å². The number of ether oxygens (including phenoxy) is 2. The largest absolute Gasteiger partial charge is 0.497 e. The maximum atomic E-state index is 12.5. The van der Waals surface area contributed by atoms with Crippen LogP contribution in [0.5, 0.6) is 5.75 Å². The first-order valence-corrected chi connectivity index (χ1v) is 10.6. The second kappa shape index (κ2) is 10.1. The minimum Gasteiger partial charge on any atom is -0.497 e. The lowest BCUT2D eigenvalue weighted by Gasteiger charge is -2.34. The number of nitrogens with one attached hydrogen (secondary N) is 1. The molecule has 1 saturated heterocycles. The third-order valence-electron chi connectivity index (χ3n) is 5.50. The van der Waals surface area contributed by atoms with E-state index < -0.39 is 5.97 Å².